The van der Waals surface area contributed by atoms with Gasteiger partial charge >= 0.3 is 0 Å². The number of ether oxygens (including phenoxy) is 3. The number of hydrogen-bond donors (Lipinski definition) is 1. The minimum Gasteiger partial charge on any atom is -0.491 e. The third-order valence-corrected chi connectivity index (χ3v) is 2.90. The zero-order valence-electron chi connectivity index (χ0n) is 12.4. The van der Waals surface area contributed by atoms with Crippen LogP contribution < -0.4 is 10.5 Å². The van der Waals surface area contributed by atoms with E-state index in [4.69, 9.17) is 19.9 Å². The average Bonchev–Trinajstić information content (AvgIpc) is 2.41. The van der Waals surface area contributed by atoms with E-state index in [1.165, 1.54) is 6.07 Å². The van der Waals surface area contributed by atoms with Crippen LogP contribution in [0, 0.1) is 12.7 Å². The van der Waals surface area contributed by atoms with Gasteiger partial charge in [-0.2, -0.15) is 0 Å². The molecule has 0 spiro atoms. The average molecular weight is 285 g/mol. The Labute approximate surface area is 120 Å². The summed E-state index contributed by atoms with van der Waals surface area (Å²) in [6.45, 7) is 5.73. The van der Waals surface area contributed by atoms with Crippen molar-refractivity contribution in [2.24, 2.45) is 5.73 Å². The van der Waals surface area contributed by atoms with Crippen LogP contribution in [-0.4, -0.2) is 33.5 Å². The number of methoxy groups -OCH3 is 1. The first-order valence-electron chi connectivity index (χ1n) is 6.81. The largest absolute Gasteiger partial charge is 0.491 e. The molecule has 0 saturated carbocycles. The second-order valence-electron chi connectivity index (χ2n) is 4.74. The van der Waals surface area contributed by atoms with Crippen LogP contribution in [0.25, 0.3) is 0 Å². The molecule has 0 aromatic heterocycles. The fourth-order valence-corrected chi connectivity index (χ4v) is 1.77. The molecule has 114 valence electrons. The first-order valence-corrected chi connectivity index (χ1v) is 6.81. The highest BCUT2D eigenvalue weighted by Crippen LogP contribution is 2.27. The monoisotopic (exact) mass is 285 g/mol. The van der Waals surface area contributed by atoms with Gasteiger partial charge in [0.15, 0.2) is 0 Å². The van der Waals surface area contributed by atoms with Crippen LogP contribution in [0.15, 0.2) is 12.1 Å². The normalized spacial score (nSPS) is 12.4. The van der Waals surface area contributed by atoms with Crippen molar-refractivity contribution in [2.75, 3.05) is 33.5 Å². The summed E-state index contributed by atoms with van der Waals surface area (Å²) in [5, 5.41) is 0. The van der Waals surface area contributed by atoms with Crippen LogP contribution >= 0.6 is 0 Å². The molecule has 5 heteroatoms. The predicted molar refractivity (Wildman–Crippen MR) is 76.5 cm³/mol. The standard InChI is InChI=1S/C15H24FNO3/c1-11-9-15(13(12(2)17)10-14(11)16)20-8-7-19-6-4-5-18-3/h9-10,12H,4-8,17H2,1-3H3/t12-/m1/s1. The lowest BCUT2D eigenvalue weighted by Gasteiger charge is -2.15. The highest BCUT2D eigenvalue weighted by Gasteiger charge is 2.12. The van der Waals surface area contributed by atoms with Gasteiger partial charge < -0.3 is 19.9 Å². The van der Waals surface area contributed by atoms with E-state index in [0.29, 0.717) is 43.3 Å². The summed E-state index contributed by atoms with van der Waals surface area (Å²) in [7, 11) is 1.66. The van der Waals surface area contributed by atoms with E-state index in [2.05, 4.69) is 0 Å². The highest BCUT2D eigenvalue weighted by molar-refractivity contribution is 5.39. The van der Waals surface area contributed by atoms with Gasteiger partial charge in [-0.3, -0.25) is 0 Å². The molecule has 1 atom stereocenters. The van der Waals surface area contributed by atoms with Gasteiger partial charge in [-0.05, 0) is 38.0 Å². The van der Waals surface area contributed by atoms with Crippen LogP contribution in [0.4, 0.5) is 4.39 Å². The predicted octanol–water partition coefficient (Wildman–Crippen LogP) is 2.59. The molecule has 1 aromatic carbocycles. The van der Waals surface area contributed by atoms with E-state index in [9.17, 15) is 4.39 Å². The zero-order chi connectivity index (χ0) is 15.0. The maximum absolute atomic E-state index is 13.5. The number of benzene rings is 1. The minimum absolute atomic E-state index is 0.263. The third-order valence-electron chi connectivity index (χ3n) is 2.90. The molecule has 0 aliphatic heterocycles. The van der Waals surface area contributed by atoms with Gasteiger partial charge in [0.2, 0.25) is 0 Å². The SMILES string of the molecule is COCCCOCCOc1cc(C)c(F)cc1[C@@H](C)N. The molecule has 0 fully saturated rings. The Morgan fingerprint density at radius 3 is 2.60 bits per heavy atom. The van der Waals surface area contributed by atoms with Crippen molar-refractivity contribution in [1.82, 2.24) is 0 Å². The molecule has 20 heavy (non-hydrogen) atoms. The molecule has 2 N–H and O–H groups in total. The quantitative estimate of drug-likeness (QED) is 0.709. The number of aryl methyl sites for hydroxylation is 1. The molecule has 1 rings (SSSR count). The van der Waals surface area contributed by atoms with Gasteiger partial charge in [-0.15, -0.1) is 0 Å². The molecule has 0 aliphatic rings. The third kappa shape index (κ3) is 5.45. The molecule has 0 radical (unpaired) electrons. The topological polar surface area (TPSA) is 53.7 Å². The van der Waals surface area contributed by atoms with Gasteiger partial charge in [0.25, 0.3) is 0 Å². The molecule has 0 unspecified atom stereocenters. The van der Waals surface area contributed by atoms with Gasteiger partial charge in [-0.25, -0.2) is 4.39 Å². The van der Waals surface area contributed by atoms with Crippen molar-refractivity contribution in [3.8, 4) is 5.75 Å². The van der Waals surface area contributed by atoms with Crippen molar-refractivity contribution in [1.29, 1.82) is 0 Å². The lowest BCUT2D eigenvalue weighted by molar-refractivity contribution is 0.0803. The van der Waals surface area contributed by atoms with E-state index >= 15 is 0 Å². The highest BCUT2D eigenvalue weighted by atomic mass is 19.1. The van der Waals surface area contributed by atoms with E-state index in [-0.39, 0.29) is 11.9 Å². The van der Waals surface area contributed by atoms with Crippen molar-refractivity contribution >= 4 is 0 Å². The van der Waals surface area contributed by atoms with Gasteiger partial charge in [-0.1, -0.05) is 0 Å². The lowest BCUT2D eigenvalue weighted by Crippen LogP contribution is -2.13. The Morgan fingerprint density at radius 2 is 1.95 bits per heavy atom. The molecule has 4 nitrogen and oxygen atoms in total. The molecule has 0 heterocycles. The summed E-state index contributed by atoms with van der Waals surface area (Å²) in [5.74, 6) is 0.361. The summed E-state index contributed by atoms with van der Waals surface area (Å²) in [6, 6.07) is 2.84. The summed E-state index contributed by atoms with van der Waals surface area (Å²) >= 11 is 0. The fourth-order valence-electron chi connectivity index (χ4n) is 1.77. The Hall–Kier alpha value is -1.17. The Morgan fingerprint density at radius 1 is 1.20 bits per heavy atom. The zero-order valence-corrected chi connectivity index (χ0v) is 12.4. The van der Waals surface area contributed by atoms with Crippen molar-refractivity contribution in [2.45, 2.75) is 26.3 Å². The molecule has 0 saturated heterocycles. The maximum Gasteiger partial charge on any atom is 0.126 e. The van der Waals surface area contributed by atoms with E-state index < -0.39 is 0 Å². The smallest absolute Gasteiger partial charge is 0.126 e. The fraction of sp³-hybridized carbons (Fsp3) is 0.600. The molecule has 0 aliphatic carbocycles. The van der Waals surface area contributed by atoms with Crippen molar-refractivity contribution in [3.63, 3.8) is 0 Å². The second kappa shape index (κ2) is 8.89. The van der Waals surface area contributed by atoms with E-state index in [0.717, 1.165) is 6.42 Å². The second-order valence-corrected chi connectivity index (χ2v) is 4.74. The van der Waals surface area contributed by atoms with Crippen LogP contribution in [0.3, 0.4) is 0 Å². The summed E-state index contributed by atoms with van der Waals surface area (Å²) in [4.78, 5) is 0. The van der Waals surface area contributed by atoms with Gasteiger partial charge in [0, 0.05) is 31.9 Å². The van der Waals surface area contributed by atoms with Crippen LogP contribution in [0.5, 0.6) is 5.75 Å². The first kappa shape index (κ1) is 16.9. The summed E-state index contributed by atoms with van der Waals surface area (Å²) in [6.07, 6.45) is 0.858. The number of halogens is 1. The molecule has 1 aromatic rings. The molecular weight excluding hydrogens is 261 g/mol. The van der Waals surface area contributed by atoms with Crippen LogP contribution in [0.2, 0.25) is 0 Å². The van der Waals surface area contributed by atoms with Gasteiger partial charge in [0.1, 0.15) is 18.2 Å². The number of hydrogen-bond acceptors (Lipinski definition) is 4. The number of rotatable bonds is 9. The van der Waals surface area contributed by atoms with Gasteiger partial charge in [0.05, 0.1) is 6.61 Å². The van der Waals surface area contributed by atoms with Crippen molar-refractivity contribution in [3.05, 3.63) is 29.1 Å². The van der Waals surface area contributed by atoms with Crippen molar-refractivity contribution < 1.29 is 18.6 Å². The molecular formula is C15H24FNO3. The Kier molecular flexibility index (Phi) is 7.51. The Bertz CT molecular complexity index is 410. The van der Waals surface area contributed by atoms with E-state index in [1.54, 1.807) is 27.0 Å². The summed E-state index contributed by atoms with van der Waals surface area (Å²) in [5.41, 5.74) is 7.05. The first-order chi connectivity index (χ1) is 9.56. The molecule has 0 bridgehead atoms. The summed E-state index contributed by atoms with van der Waals surface area (Å²) < 4.78 is 29.5. The molecule has 0 amide bonds. The number of nitrogens with two attached hydrogens (primary N) is 1. The maximum atomic E-state index is 13.5. The lowest BCUT2D eigenvalue weighted by atomic mass is 10.1. The van der Waals surface area contributed by atoms with Crippen LogP contribution in [0.1, 0.15) is 30.5 Å². The van der Waals surface area contributed by atoms with E-state index in [1.807, 2.05) is 0 Å². The van der Waals surface area contributed by atoms with Crippen LogP contribution in [-0.2, 0) is 9.47 Å². The minimum atomic E-state index is -0.275. The Balaban J connectivity index is 2.45.